The number of aryl methyl sites for hydroxylation is 1. The number of piperidine rings is 1. The summed E-state index contributed by atoms with van der Waals surface area (Å²) in [6, 6.07) is -0.346. The summed E-state index contributed by atoms with van der Waals surface area (Å²) in [6.45, 7) is 1.55. The van der Waals surface area contributed by atoms with Crippen LogP contribution in [-0.4, -0.2) is 51.7 Å². The van der Waals surface area contributed by atoms with Crippen molar-refractivity contribution in [2.24, 2.45) is 5.92 Å². The quantitative estimate of drug-likeness (QED) is 0.776. The zero-order valence-corrected chi connectivity index (χ0v) is 15.6. The summed E-state index contributed by atoms with van der Waals surface area (Å²) in [5, 5.41) is 6.08. The number of carbonyl (C=O) groups excluding carboxylic acids is 1. The number of hydrogen-bond acceptors (Lipinski definition) is 4. The summed E-state index contributed by atoms with van der Waals surface area (Å²) < 4.78 is 68.6. The number of amides is 1. The van der Waals surface area contributed by atoms with E-state index in [0.29, 0.717) is 31.5 Å². The minimum atomic E-state index is -4.55. The van der Waals surface area contributed by atoms with Crippen molar-refractivity contribution in [1.29, 1.82) is 0 Å². The molecule has 11 heteroatoms. The first kappa shape index (κ1) is 19.8. The van der Waals surface area contributed by atoms with Gasteiger partial charge >= 0.3 is 6.18 Å². The molecule has 0 aromatic carbocycles. The second-order valence-electron chi connectivity index (χ2n) is 7.76. The van der Waals surface area contributed by atoms with Crippen LogP contribution in [-0.2, 0) is 0 Å². The fraction of sp³-hybridized carbons (Fsp3) is 0.611. The number of alkyl halides is 5. The van der Waals surface area contributed by atoms with Gasteiger partial charge in [0.2, 0.25) is 0 Å². The molecule has 3 heterocycles. The van der Waals surface area contributed by atoms with E-state index in [9.17, 15) is 26.7 Å². The van der Waals surface area contributed by atoms with Gasteiger partial charge in [0.15, 0.2) is 5.65 Å². The van der Waals surface area contributed by atoms with Crippen LogP contribution in [0.4, 0.5) is 27.8 Å². The smallest absolute Gasteiger partial charge is 0.350 e. The minimum absolute atomic E-state index is 0.0445. The summed E-state index contributed by atoms with van der Waals surface area (Å²) in [4.78, 5) is 18.3. The van der Waals surface area contributed by atoms with Gasteiger partial charge in [-0.1, -0.05) is 0 Å². The number of halogens is 5. The molecule has 0 bridgehead atoms. The molecule has 1 aliphatic carbocycles. The monoisotopic (exact) mass is 417 g/mol. The van der Waals surface area contributed by atoms with Gasteiger partial charge in [-0.2, -0.15) is 18.3 Å². The lowest BCUT2D eigenvalue weighted by molar-refractivity contribution is -0.158. The van der Waals surface area contributed by atoms with Gasteiger partial charge in [0.25, 0.3) is 11.8 Å². The van der Waals surface area contributed by atoms with E-state index < -0.39 is 36.5 Å². The molecule has 1 N–H and O–H groups in total. The van der Waals surface area contributed by atoms with Crippen LogP contribution >= 0.6 is 0 Å². The number of carbonyl (C=O) groups is 1. The first-order chi connectivity index (χ1) is 13.5. The highest BCUT2D eigenvalue weighted by atomic mass is 19.4. The second-order valence-corrected chi connectivity index (χ2v) is 7.76. The molecular weight excluding hydrogens is 397 g/mol. The number of aromatic nitrogens is 3. The van der Waals surface area contributed by atoms with Gasteiger partial charge in [0.05, 0.1) is 12.7 Å². The maximum atomic E-state index is 13.8. The summed E-state index contributed by atoms with van der Waals surface area (Å²) in [7, 11) is 0. The molecule has 1 amide bonds. The first-order valence-corrected chi connectivity index (χ1v) is 9.41. The van der Waals surface area contributed by atoms with Gasteiger partial charge in [0.1, 0.15) is 17.4 Å². The number of hydrogen-bond donors (Lipinski definition) is 1. The van der Waals surface area contributed by atoms with E-state index in [2.05, 4.69) is 15.4 Å². The van der Waals surface area contributed by atoms with Crippen LogP contribution in [0.25, 0.3) is 5.65 Å². The first-order valence-electron chi connectivity index (χ1n) is 9.41. The average molecular weight is 417 g/mol. The van der Waals surface area contributed by atoms with Crippen LogP contribution in [0.2, 0.25) is 0 Å². The third-order valence-electron chi connectivity index (χ3n) is 5.33. The molecule has 1 saturated carbocycles. The van der Waals surface area contributed by atoms with Crippen molar-refractivity contribution in [2.75, 3.05) is 18.0 Å². The zero-order chi connectivity index (χ0) is 21.0. The summed E-state index contributed by atoms with van der Waals surface area (Å²) in [5.41, 5.74) is 0.462. The van der Waals surface area contributed by atoms with Gasteiger partial charge in [-0.25, -0.2) is 18.3 Å². The molecule has 1 aliphatic heterocycles. The SMILES string of the molecule is Cc1cc(N2CCCC(F)(F)C2)nc2c(C(=O)N[C@@H](C3CC3)C(F)(F)F)cnn12. The summed E-state index contributed by atoms with van der Waals surface area (Å²) >= 11 is 0. The highest BCUT2D eigenvalue weighted by molar-refractivity contribution is 6.00. The van der Waals surface area contributed by atoms with Crippen molar-refractivity contribution >= 4 is 17.4 Å². The van der Waals surface area contributed by atoms with E-state index in [1.54, 1.807) is 13.0 Å². The molecule has 0 unspecified atom stereocenters. The predicted octanol–water partition coefficient (Wildman–Crippen LogP) is 3.34. The van der Waals surface area contributed by atoms with E-state index in [4.69, 9.17) is 0 Å². The molecule has 158 valence electrons. The minimum Gasteiger partial charge on any atom is -0.350 e. The number of rotatable bonds is 4. The van der Waals surface area contributed by atoms with Gasteiger partial charge in [0, 0.05) is 24.7 Å². The highest BCUT2D eigenvalue weighted by Gasteiger charge is 2.50. The molecule has 0 radical (unpaired) electrons. The van der Waals surface area contributed by atoms with Crippen LogP contribution < -0.4 is 10.2 Å². The fourth-order valence-corrected chi connectivity index (χ4v) is 3.70. The van der Waals surface area contributed by atoms with Gasteiger partial charge in [-0.3, -0.25) is 4.79 Å². The molecule has 2 aromatic rings. The lowest BCUT2D eigenvalue weighted by atomic mass is 10.1. The molecule has 2 aliphatic rings. The van der Waals surface area contributed by atoms with Crippen molar-refractivity contribution in [3.05, 3.63) is 23.5 Å². The Balaban J connectivity index is 1.65. The van der Waals surface area contributed by atoms with E-state index in [1.165, 1.54) is 9.42 Å². The molecule has 1 saturated heterocycles. The number of fused-ring (bicyclic) bond motifs is 1. The largest absolute Gasteiger partial charge is 0.408 e. The van der Waals surface area contributed by atoms with Crippen molar-refractivity contribution in [2.45, 2.75) is 50.7 Å². The van der Waals surface area contributed by atoms with Crippen molar-refractivity contribution in [3.8, 4) is 0 Å². The normalized spacial score (nSPS) is 20.7. The molecule has 2 aromatic heterocycles. The number of anilines is 1. The highest BCUT2D eigenvalue weighted by Crippen LogP contribution is 2.40. The number of nitrogens with zero attached hydrogens (tertiary/aromatic N) is 4. The van der Waals surface area contributed by atoms with Crippen molar-refractivity contribution in [1.82, 2.24) is 19.9 Å². The van der Waals surface area contributed by atoms with Crippen LogP contribution in [0, 0.1) is 12.8 Å². The van der Waals surface area contributed by atoms with Gasteiger partial charge in [-0.15, -0.1) is 0 Å². The Bertz CT molecular complexity index is 937. The van der Waals surface area contributed by atoms with Gasteiger partial charge in [-0.05, 0) is 32.1 Å². The van der Waals surface area contributed by atoms with Crippen LogP contribution in [0.15, 0.2) is 12.3 Å². The standard InChI is InChI=1S/C18H20F5N5O/c1-10-7-13(27-6-2-5-17(19,20)9-27)25-15-12(8-24-28(10)15)16(29)26-14(11-3-4-11)18(21,22)23/h7-8,11,14H,2-6,9H2,1H3,(H,26,29)/t14-/m0/s1. The Labute approximate surface area is 163 Å². The maximum Gasteiger partial charge on any atom is 0.408 e. The molecule has 2 fully saturated rings. The Morgan fingerprint density at radius 3 is 2.69 bits per heavy atom. The third kappa shape index (κ3) is 3.99. The molecule has 1 atom stereocenters. The lowest BCUT2D eigenvalue weighted by Gasteiger charge is -2.33. The van der Waals surface area contributed by atoms with E-state index >= 15 is 0 Å². The topological polar surface area (TPSA) is 62.5 Å². The van der Waals surface area contributed by atoms with Crippen LogP contribution in [0.5, 0.6) is 0 Å². The Morgan fingerprint density at radius 1 is 1.34 bits per heavy atom. The van der Waals surface area contributed by atoms with E-state index in [0.717, 1.165) is 6.20 Å². The second kappa shape index (κ2) is 6.81. The third-order valence-corrected chi connectivity index (χ3v) is 5.33. The maximum absolute atomic E-state index is 13.8. The van der Waals surface area contributed by atoms with Crippen LogP contribution in [0.3, 0.4) is 0 Å². The van der Waals surface area contributed by atoms with Crippen LogP contribution in [0.1, 0.15) is 41.7 Å². The van der Waals surface area contributed by atoms with E-state index in [1.807, 2.05) is 0 Å². The zero-order valence-electron chi connectivity index (χ0n) is 15.6. The van der Waals surface area contributed by atoms with E-state index in [-0.39, 0.29) is 23.4 Å². The Morgan fingerprint density at radius 2 is 2.07 bits per heavy atom. The fourth-order valence-electron chi connectivity index (χ4n) is 3.70. The predicted molar refractivity (Wildman–Crippen MR) is 94.2 cm³/mol. The van der Waals surface area contributed by atoms with Gasteiger partial charge < -0.3 is 10.2 Å². The molecular formula is C18H20F5N5O. The summed E-state index contributed by atoms with van der Waals surface area (Å²) in [6.07, 6.45) is -2.49. The molecule has 4 rings (SSSR count). The average Bonchev–Trinajstić information content (AvgIpc) is 3.35. The lowest BCUT2D eigenvalue weighted by Crippen LogP contribution is -2.47. The van der Waals surface area contributed by atoms with Crippen molar-refractivity contribution in [3.63, 3.8) is 0 Å². The van der Waals surface area contributed by atoms with Crippen molar-refractivity contribution < 1.29 is 26.7 Å². The molecule has 29 heavy (non-hydrogen) atoms. The number of nitrogens with one attached hydrogen (secondary N) is 1. The Kier molecular flexibility index (Phi) is 4.66. The molecule has 6 nitrogen and oxygen atoms in total. The summed E-state index contributed by atoms with van der Waals surface area (Å²) in [5.74, 6) is -4.15. The Hall–Kier alpha value is -2.46. The molecule has 0 spiro atoms.